The van der Waals surface area contributed by atoms with Crippen LogP contribution < -0.4 is 5.32 Å². The number of nitrogens with one attached hydrogen (secondary N) is 1. The number of rotatable bonds is 3. The molecule has 1 aromatic heterocycles. The molecule has 0 bridgehead atoms. The number of aryl methyl sites for hydroxylation is 2. The van der Waals surface area contributed by atoms with Crippen LogP contribution in [0, 0.1) is 0 Å². The van der Waals surface area contributed by atoms with Crippen LogP contribution in [0.2, 0.25) is 5.02 Å². The molecule has 1 N–H and O–H groups in total. The highest BCUT2D eigenvalue weighted by molar-refractivity contribution is 6.30. The van der Waals surface area contributed by atoms with Gasteiger partial charge in [0.25, 0.3) is 0 Å². The number of anilines is 1. The SMILES string of the molecule is Clc1ccc(NCc2nc3n(n2)CCCCC3)cc1. The summed E-state index contributed by atoms with van der Waals surface area (Å²) in [7, 11) is 0. The quantitative estimate of drug-likeness (QED) is 0.936. The molecular formula is C14H17ClN4. The third-order valence-corrected chi connectivity index (χ3v) is 3.61. The Morgan fingerprint density at radius 3 is 2.84 bits per heavy atom. The van der Waals surface area contributed by atoms with Gasteiger partial charge in [-0.25, -0.2) is 9.67 Å². The molecule has 0 spiro atoms. The van der Waals surface area contributed by atoms with Gasteiger partial charge >= 0.3 is 0 Å². The van der Waals surface area contributed by atoms with E-state index in [2.05, 4.69) is 20.1 Å². The minimum Gasteiger partial charge on any atom is -0.378 e. The molecule has 0 radical (unpaired) electrons. The van der Waals surface area contributed by atoms with Crippen molar-refractivity contribution in [2.24, 2.45) is 0 Å². The highest BCUT2D eigenvalue weighted by Gasteiger charge is 2.12. The van der Waals surface area contributed by atoms with Crippen LogP contribution in [0.1, 0.15) is 30.9 Å². The second kappa shape index (κ2) is 5.61. The summed E-state index contributed by atoms with van der Waals surface area (Å²) in [6, 6.07) is 7.67. The fourth-order valence-electron chi connectivity index (χ4n) is 2.34. The fraction of sp³-hybridized carbons (Fsp3) is 0.429. The van der Waals surface area contributed by atoms with Gasteiger partial charge in [-0.2, -0.15) is 5.10 Å². The Morgan fingerprint density at radius 2 is 2.00 bits per heavy atom. The maximum Gasteiger partial charge on any atom is 0.169 e. The van der Waals surface area contributed by atoms with E-state index in [1.54, 1.807) is 0 Å². The lowest BCUT2D eigenvalue weighted by Crippen LogP contribution is -2.04. The van der Waals surface area contributed by atoms with Crippen LogP contribution in [0.15, 0.2) is 24.3 Å². The molecule has 0 saturated carbocycles. The second-order valence-corrected chi connectivity index (χ2v) is 5.27. The molecule has 0 atom stereocenters. The Hall–Kier alpha value is -1.55. The van der Waals surface area contributed by atoms with E-state index < -0.39 is 0 Å². The number of halogens is 1. The van der Waals surface area contributed by atoms with Gasteiger partial charge in [-0.3, -0.25) is 0 Å². The molecule has 0 unspecified atom stereocenters. The van der Waals surface area contributed by atoms with E-state index in [9.17, 15) is 0 Å². The topological polar surface area (TPSA) is 42.7 Å². The summed E-state index contributed by atoms with van der Waals surface area (Å²) in [6.07, 6.45) is 4.76. The van der Waals surface area contributed by atoms with Gasteiger partial charge in [0.05, 0.1) is 6.54 Å². The van der Waals surface area contributed by atoms with E-state index in [-0.39, 0.29) is 0 Å². The standard InChI is InChI=1S/C14H17ClN4/c15-11-5-7-12(8-6-11)16-10-13-17-14-4-2-1-3-9-19(14)18-13/h5-8,16H,1-4,9-10H2. The smallest absolute Gasteiger partial charge is 0.169 e. The van der Waals surface area contributed by atoms with Crippen LogP contribution in [0.4, 0.5) is 5.69 Å². The highest BCUT2D eigenvalue weighted by Crippen LogP contribution is 2.15. The Kier molecular flexibility index (Phi) is 3.69. The first-order valence-corrected chi connectivity index (χ1v) is 7.11. The summed E-state index contributed by atoms with van der Waals surface area (Å²) < 4.78 is 2.06. The van der Waals surface area contributed by atoms with Crippen LogP contribution in [-0.2, 0) is 19.5 Å². The van der Waals surface area contributed by atoms with E-state index in [1.165, 1.54) is 19.3 Å². The maximum atomic E-state index is 5.86. The van der Waals surface area contributed by atoms with E-state index in [1.807, 2.05) is 24.3 Å². The summed E-state index contributed by atoms with van der Waals surface area (Å²) in [6.45, 7) is 1.66. The summed E-state index contributed by atoms with van der Waals surface area (Å²) >= 11 is 5.86. The maximum absolute atomic E-state index is 5.86. The van der Waals surface area contributed by atoms with Crippen LogP contribution in [0.5, 0.6) is 0 Å². The van der Waals surface area contributed by atoms with Gasteiger partial charge in [0.15, 0.2) is 5.82 Å². The monoisotopic (exact) mass is 276 g/mol. The molecule has 5 heteroatoms. The summed E-state index contributed by atoms with van der Waals surface area (Å²) in [5.41, 5.74) is 1.04. The van der Waals surface area contributed by atoms with E-state index >= 15 is 0 Å². The summed E-state index contributed by atoms with van der Waals surface area (Å²) in [5, 5.41) is 8.62. The van der Waals surface area contributed by atoms with Gasteiger partial charge in [0.2, 0.25) is 0 Å². The van der Waals surface area contributed by atoms with Crippen molar-refractivity contribution in [3.63, 3.8) is 0 Å². The normalized spacial score (nSPS) is 14.8. The lowest BCUT2D eigenvalue weighted by molar-refractivity contribution is 0.570. The van der Waals surface area contributed by atoms with Gasteiger partial charge in [0, 0.05) is 23.7 Å². The number of hydrogen-bond donors (Lipinski definition) is 1. The first-order valence-electron chi connectivity index (χ1n) is 6.73. The Morgan fingerprint density at radius 1 is 1.16 bits per heavy atom. The minimum atomic E-state index is 0.654. The summed E-state index contributed by atoms with van der Waals surface area (Å²) in [5.74, 6) is 2.00. The number of aromatic nitrogens is 3. The van der Waals surface area contributed by atoms with Crippen LogP contribution >= 0.6 is 11.6 Å². The second-order valence-electron chi connectivity index (χ2n) is 4.84. The molecule has 1 aliphatic heterocycles. The highest BCUT2D eigenvalue weighted by atomic mass is 35.5. The van der Waals surface area contributed by atoms with Gasteiger partial charge in [-0.1, -0.05) is 18.0 Å². The average molecular weight is 277 g/mol. The molecule has 0 fully saturated rings. The molecule has 100 valence electrons. The number of hydrogen-bond acceptors (Lipinski definition) is 3. The van der Waals surface area contributed by atoms with Gasteiger partial charge in [-0.05, 0) is 37.1 Å². The predicted octanol–water partition coefficient (Wildman–Crippen LogP) is 3.27. The van der Waals surface area contributed by atoms with E-state index in [0.717, 1.165) is 35.3 Å². The molecule has 2 aromatic rings. The largest absolute Gasteiger partial charge is 0.378 e. The molecule has 1 aliphatic rings. The van der Waals surface area contributed by atoms with Crippen molar-refractivity contribution in [3.05, 3.63) is 40.9 Å². The first kappa shape index (κ1) is 12.5. The van der Waals surface area contributed by atoms with Crippen LogP contribution in [0.3, 0.4) is 0 Å². The van der Waals surface area contributed by atoms with Crippen molar-refractivity contribution in [2.45, 2.75) is 38.8 Å². The number of benzene rings is 1. The lowest BCUT2D eigenvalue weighted by Gasteiger charge is -2.03. The molecule has 19 heavy (non-hydrogen) atoms. The van der Waals surface area contributed by atoms with Crippen molar-refractivity contribution in [2.75, 3.05) is 5.32 Å². The predicted molar refractivity (Wildman–Crippen MR) is 76.4 cm³/mol. The van der Waals surface area contributed by atoms with E-state index in [4.69, 9.17) is 11.6 Å². The lowest BCUT2D eigenvalue weighted by atomic mass is 10.2. The van der Waals surface area contributed by atoms with Crippen molar-refractivity contribution in [3.8, 4) is 0 Å². The van der Waals surface area contributed by atoms with Crippen LogP contribution in [-0.4, -0.2) is 14.8 Å². The molecule has 0 saturated heterocycles. The fourth-order valence-corrected chi connectivity index (χ4v) is 2.46. The molecule has 2 heterocycles. The minimum absolute atomic E-state index is 0.654. The molecule has 3 rings (SSSR count). The third-order valence-electron chi connectivity index (χ3n) is 3.36. The van der Waals surface area contributed by atoms with Crippen molar-refractivity contribution in [1.29, 1.82) is 0 Å². The molecule has 0 amide bonds. The zero-order chi connectivity index (χ0) is 13.1. The van der Waals surface area contributed by atoms with Crippen molar-refractivity contribution in [1.82, 2.24) is 14.8 Å². The number of nitrogens with zero attached hydrogens (tertiary/aromatic N) is 3. The van der Waals surface area contributed by atoms with Crippen molar-refractivity contribution < 1.29 is 0 Å². The molecule has 4 nitrogen and oxygen atoms in total. The Labute approximate surface area is 117 Å². The average Bonchev–Trinajstić information content (AvgIpc) is 2.68. The molecule has 1 aromatic carbocycles. The zero-order valence-electron chi connectivity index (χ0n) is 10.8. The van der Waals surface area contributed by atoms with Crippen molar-refractivity contribution >= 4 is 17.3 Å². The van der Waals surface area contributed by atoms with Crippen LogP contribution in [0.25, 0.3) is 0 Å². The number of fused-ring (bicyclic) bond motifs is 1. The van der Waals surface area contributed by atoms with Gasteiger partial charge < -0.3 is 5.32 Å². The molecule has 0 aliphatic carbocycles. The first-order chi connectivity index (χ1) is 9.31. The Bertz CT molecular complexity index is 524. The van der Waals surface area contributed by atoms with E-state index in [0.29, 0.717) is 6.54 Å². The molecular weight excluding hydrogens is 260 g/mol. The summed E-state index contributed by atoms with van der Waals surface area (Å²) in [4.78, 5) is 4.61. The van der Waals surface area contributed by atoms with Gasteiger partial charge in [0.1, 0.15) is 5.82 Å². The zero-order valence-corrected chi connectivity index (χ0v) is 11.5. The Balaban J connectivity index is 1.65. The third kappa shape index (κ3) is 3.07. The van der Waals surface area contributed by atoms with Gasteiger partial charge in [-0.15, -0.1) is 0 Å².